The number of rotatable bonds is 4. The van der Waals surface area contributed by atoms with E-state index in [-0.39, 0.29) is 11.9 Å². The Morgan fingerprint density at radius 1 is 1.23 bits per heavy atom. The molecule has 3 aromatic heterocycles. The molecule has 0 saturated carbocycles. The number of ether oxygens (including phenoxy) is 1. The third kappa shape index (κ3) is 3.34. The Bertz CT molecular complexity index is 1280. The third-order valence-electron chi connectivity index (χ3n) is 5.79. The molecule has 1 unspecified atom stereocenters. The predicted molar refractivity (Wildman–Crippen MR) is 123 cm³/mol. The van der Waals surface area contributed by atoms with E-state index in [1.54, 1.807) is 17.7 Å². The molecule has 31 heavy (non-hydrogen) atoms. The first kappa shape index (κ1) is 18.7. The lowest BCUT2D eigenvalue weighted by Gasteiger charge is -2.24. The second kappa shape index (κ2) is 7.58. The minimum absolute atomic E-state index is 0.0391. The van der Waals surface area contributed by atoms with Crippen molar-refractivity contribution in [1.29, 1.82) is 0 Å². The summed E-state index contributed by atoms with van der Waals surface area (Å²) in [5, 5.41) is 8.65. The van der Waals surface area contributed by atoms with Crippen LogP contribution in [0, 0.1) is 0 Å². The molecule has 2 aliphatic rings. The maximum atomic E-state index is 13.1. The molecule has 1 aromatic carbocycles. The number of amides is 1. The Kier molecular flexibility index (Phi) is 4.57. The first-order valence-electron chi connectivity index (χ1n) is 10.2. The van der Waals surface area contributed by atoms with Crippen molar-refractivity contribution in [3.8, 4) is 17.0 Å². The largest absolute Gasteiger partial charge is 0.493 e. The van der Waals surface area contributed by atoms with Gasteiger partial charge in [0.25, 0.3) is 0 Å². The quantitative estimate of drug-likeness (QED) is 0.499. The van der Waals surface area contributed by atoms with Gasteiger partial charge in [-0.2, -0.15) is 0 Å². The highest BCUT2D eigenvalue weighted by Crippen LogP contribution is 2.34. The van der Waals surface area contributed by atoms with Crippen molar-refractivity contribution in [3.63, 3.8) is 0 Å². The Hall–Kier alpha value is -3.04. The second-order valence-electron chi connectivity index (χ2n) is 7.64. The van der Waals surface area contributed by atoms with Gasteiger partial charge in [-0.15, -0.1) is 22.7 Å². The average molecular weight is 450 g/mol. The third-order valence-corrected chi connectivity index (χ3v) is 7.37. The zero-order valence-corrected chi connectivity index (χ0v) is 18.2. The maximum absolute atomic E-state index is 13.1. The van der Waals surface area contributed by atoms with Crippen molar-refractivity contribution in [2.45, 2.75) is 25.3 Å². The van der Waals surface area contributed by atoms with Gasteiger partial charge >= 0.3 is 0 Å². The molecule has 1 saturated heterocycles. The Balaban J connectivity index is 1.21. The first-order valence-corrected chi connectivity index (χ1v) is 12.0. The van der Waals surface area contributed by atoms with Gasteiger partial charge in [0.15, 0.2) is 5.13 Å². The number of nitrogens with zero attached hydrogens (tertiary/aromatic N) is 4. The Labute approximate surface area is 186 Å². The molecule has 1 amide bonds. The van der Waals surface area contributed by atoms with Gasteiger partial charge in [0, 0.05) is 23.9 Å². The number of carbonyl (C=O) groups is 1. The van der Waals surface area contributed by atoms with E-state index in [1.165, 1.54) is 16.9 Å². The normalized spacial score (nSPS) is 17.7. The second-order valence-corrected chi connectivity index (χ2v) is 9.39. The van der Waals surface area contributed by atoms with Crippen molar-refractivity contribution in [1.82, 2.24) is 15.0 Å². The lowest BCUT2D eigenvalue weighted by Crippen LogP contribution is -2.40. The summed E-state index contributed by atoms with van der Waals surface area (Å²) in [4.78, 5) is 29.7. The van der Waals surface area contributed by atoms with E-state index in [0.717, 1.165) is 65.5 Å². The molecule has 0 bridgehead atoms. The Morgan fingerprint density at radius 2 is 2.19 bits per heavy atom. The molecule has 2 aliphatic heterocycles. The summed E-state index contributed by atoms with van der Waals surface area (Å²) in [5.74, 6) is 1.75. The number of thiophene rings is 1. The molecule has 5 heterocycles. The zero-order valence-electron chi connectivity index (χ0n) is 16.6. The number of aromatic nitrogens is 3. The number of anilines is 2. The minimum atomic E-state index is -0.262. The van der Waals surface area contributed by atoms with E-state index in [9.17, 15) is 4.79 Å². The first-order chi connectivity index (χ1) is 15.3. The molecule has 6 rings (SSSR count). The fourth-order valence-corrected chi connectivity index (χ4v) is 5.75. The molecule has 9 heteroatoms. The van der Waals surface area contributed by atoms with Crippen LogP contribution in [0.25, 0.3) is 21.5 Å². The number of hydrogen-bond acceptors (Lipinski definition) is 8. The van der Waals surface area contributed by atoms with E-state index in [0.29, 0.717) is 5.13 Å². The van der Waals surface area contributed by atoms with E-state index in [2.05, 4.69) is 31.2 Å². The fraction of sp³-hybridized carbons (Fsp3) is 0.273. The molecule has 7 nitrogen and oxygen atoms in total. The van der Waals surface area contributed by atoms with Gasteiger partial charge < -0.3 is 15.0 Å². The van der Waals surface area contributed by atoms with Crippen molar-refractivity contribution >= 4 is 49.7 Å². The zero-order chi connectivity index (χ0) is 20.8. The fourth-order valence-electron chi connectivity index (χ4n) is 4.30. The summed E-state index contributed by atoms with van der Waals surface area (Å²) in [6, 6.07) is 7.91. The molecular weight excluding hydrogens is 430 g/mol. The molecule has 0 radical (unpaired) electrons. The Morgan fingerprint density at radius 3 is 3.16 bits per heavy atom. The molecule has 1 N–H and O–H groups in total. The number of carbonyl (C=O) groups excluding carboxylic acids is 1. The van der Waals surface area contributed by atoms with Crippen molar-refractivity contribution in [2.75, 3.05) is 23.4 Å². The number of nitrogens with one attached hydrogen (secondary N) is 1. The van der Waals surface area contributed by atoms with Gasteiger partial charge in [-0.05, 0) is 48.1 Å². The summed E-state index contributed by atoms with van der Waals surface area (Å²) in [6.45, 7) is 1.54. The van der Waals surface area contributed by atoms with Gasteiger partial charge in [-0.25, -0.2) is 15.0 Å². The number of fused-ring (bicyclic) bond motifs is 2. The molecule has 1 fully saturated rings. The predicted octanol–water partition coefficient (Wildman–Crippen LogP) is 4.36. The molecule has 0 spiro atoms. The van der Waals surface area contributed by atoms with E-state index < -0.39 is 0 Å². The van der Waals surface area contributed by atoms with Crippen LogP contribution in [0.5, 0.6) is 5.75 Å². The van der Waals surface area contributed by atoms with Crippen molar-refractivity contribution in [2.24, 2.45) is 0 Å². The van der Waals surface area contributed by atoms with Crippen LogP contribution in [-0.2, 0) is 11.2 Å². The van der Waals surface area contributed by atoms with E-state index in [1.807, 2.05) is 29.0 Å². The van der Waals surface area contributed by atoms with E-state index in [4.69, 9.17) is 4.74 Å². The van der Waals surface area contributed by atoms with E-state index >= 15 is 0 Å². The highest BCUT2D eigenvalue weighted by molar-refractivity contribution is 7.16. The maximum Gasteiger partial charge on any atom is 0.248 e. The average Bonchev–Trinajstić information content (AvgIpc) is 3.59. The molecule has 0 aliphatic carbocycles. The van der Waals surface area contributed by atoms with Crippen LogP contribution in [0.15, 0.2) is 41.4 Å². The van der Waals surface area contributed by atoms with Gasteiger partial charge in [-0.3, -0.25) is 4.79 Å². The van der Waals surface area contributed by atoms with Gasteiger partial charge in [0.1, 0.15) is 28.8 Å². The number of benzene rings is 1. The van der Waals surface area contributed by atoms with Crippen molar-refractivity contribution < 1.29 is 9.53 Å². The lowest BCUT2D eigenvalue weighted by molar-refractivity contribution is -0.117. The highest BCUT2D eigenvalue weighted by Gasteiger charge is 2.33. The molecule has 156 valence electrons. The summed E-state index contributed by atoms with van der Waals surface area (Å²) in [6.07, 6.45) is 4.25. The van der Waals surface area contributed by atoms with Crippen LogP contribution in [0.3, 0.4) is 0 Å². The summed E-state index contributed by atoms with van der Waals surface area (Å²) >= 11 is 3.03. The summed E-state index contributed by atoms with van der Waals surface area (Å²) in [5.41, 5.74) is 3.13. The van der Waals surface area contributed by atoms with Gasteiger partial charge in [0.2, 0.25) is 5.91 Å². The van der Waals surface area contributed by atoms with Crippen LogP contribution in [0.1, 0.15) is 18.4 Å². The number of hydrogen-bond donors (Lipinski definition) is 1. The number of thiazole rings is 1. The summed E-state index contributed by atoms with van der Waals surface area (Å²) in [7, 11) is 0. The highest BCUT2D eigenvalue weighted by atomic mass is 32.1. The topological polar surface area (TPSA) is 80.2 Å². The molecule has 1 atom stereocenters. The lowest BCUT2D eigenvalue weighted by atomic mass is 10.1. The smallest absolute Gasteiger partial charge is 0.248 e. The molecular formula is C22H19N5O2S2. The minimum Gasteiger partial charge on any atom is -0.493 e. The SMILES string of the molecule is O=C(Nc1nc(-c2ccc3c(c2)CCO3)cs1)C1CCCN1c1ncnc2sccc12. The van der Waals surface area contributed by atoms with Crippen LogP contribution < -0.4 is 15.0 Å². The van der Waals surface area contributed by atoms with Gasteiger partial charge in [0.05, 0.1) is 17.7 Å². The summed E-state index contributed by atoms with van der Waals surface area (Å²) < 4.78 is 5.58. The van der Waals surface area contributed by atoms with Crippen LogP contribution >= 0.6 is 22.7 Å². The standard InChI is InChI=1S/C22H19N5O2S2/c28-20(17-2-1-7-27(17)19-15-6-9-30-21(15)24-12-23-19)26-22-25-16(11-31-22)13-3-4-18-14(10-13)5-8-29-18/h3-4,6,9-12,17H,1-2,5,7-8H2,(H,25,26,28). The van der Waals surface area contributed by atoms with Crippen LogP contribution in [0.4, 0.5) is 10.9 Å². The monoisotopic (exact) mass is 449 g/mol. The van der Waals surface area contributed by atoms with Crippen LogP contribution in [0.2, 0.25) is 0 Å². The van der Waals surface area contributed by atoms with Crippen molar-refractivity contribution in [3.05, 3.63) is 46.9 Å². The van der Waals surface area contributed by atoms with Gasteiger partial charge in [-0.1, -0.05) is 0 Å². The molecule has 4 aromatic rings. The van der Waals surface area contributed by atoms with Crippen LogP contribution in [-0.4, -0.2) is 40.1 Å².